The summed E-state index contributed by atoms with van der Waals surface area (Å²) in [6.07, 6.45) is -0.952. The summed E-state index contributed by atoms with van der Waals surface area (Å²) in [5.74, 6) is -0.821. The number of rotatable bonds is 5. The fourth-order valence-corrected chi connectivity index (χ4v) is 4.72. The molecule has 37 heavy (non-hydrogen) atoms. The number of nitrogens with zero attached hydrogens (tertiary/aromatic N) is 5. The highest BCUT2D eigenvalue weighted by Crippen LogP contribution is 2.41. The quantitative estimate of drug-likeness (QED) is 0.270. The predicted molar refractivity (Wildman–Crippen MR) is 133 cm³/mol. The van der Waals surface area contributed by atoms with E-state index in [1.54, 1.807) is 6.92 Å². The van der Waals surface area contributed by atoms with Crippen LogP contribution in [0.1, 0.15) is 43.0 Å². The van der Waals surface area contributed by atoms with Crippen LogP contribution in [0.2, 0.25) is 0 Å². The van der Waals surface area contributed by atoms with Crippen molar-refractivity contribution in [1.82, 2.24) is 9.38 Å². The second-order valence-corrected chi connectivity index (χ2v) is 9.14. The first-order chi connectivity index (χ1) is 17.5. The van der Waals surface area contributed by atoms with Crippen molar-refractivity contribution >= 4 is 40.6 Å². The molecule has 1 aliphatic carbocycles. The predicted octanol–water partition coefficient (Wildman–Crippen LogP) is 4.64. The minimum atomic E-state index is -4.78. The van der Waals surface area contributed by atoms with Crippen LogP contribution >= 0.6 is 12.2 Å². The summed E-state index contributed by atoms with van der Waals surface area (Å²) in [7, 11) is 1.41. The van der Waals surface area contributed by atoms with E-state index in [1.807, 2.05) is 0 Å². The number of aromatic nitrogens is 2. The van der Waals surface area contributed by atoms with E-state index in [-0.39, 0.29) is 22.1 Å². The van der Waals surface area contributed by atoms with Gasteiger partial charge in [0.2, 0.25) is 0 Å². The average molecular weight is 532 g/mol. The zero-order valence-electron chi connectivity index (χ0n) is 19.8. The fourth-order valence-electron chi connectivity index (χ4n) is 4.32. The number of hydrogen-bond donors (Lipinski definition) is 0. The summed E-state index contributed by atoms with van der Waals surface area (Å²) in [5.41, 5.74) is -3.09. The number of anilines is 2. The number of fused-ring (bicyclic) bond motifs is 1. The van der Waals surface area contributed by atoms with E-state index in [0.717, 1.165) is 22.6 Å². The van der Waals surface area contributed by atoms with Gasteiger partial charge < -0.3 is 14.6 Å². The first-order valence-corrected chi connectivity index (χ1v) is 11.7. The normalized spacial score (nSPS) is 14.5. The smallest absolute Gasteiger partial charge is 0.322 e. The van der Waals surface area contributed by atoms with Gasteiger partial charge in [0, 0.05) is 36.8 Å². The molecule has 0 bridgehead atoms. The van der Waals surface area contributed by atoms with Gasteiger partial charge in [0.1, 0.15) is 11.8 Å². The lowest BCUT2D eigenvalue weighted by Gasteiger charge is -2.48. The number of aldehydes is 1. The molecule has 0 atom stereocenters. The van der Waals surface area contributed by atoms with Crippen molar-refractivity contribution in [3.63, 3.8) is 0 Å². The summed E-state index contributed by atoms with van der Waals surface area (Å²) in [6, 6.07) is 7.03. The second-order valence-electron chi connectivity index (χ2n) is 8.77. The number of aryl methyl sites for hydroxylation is 1. The van der Waals surface area contributed by atoms with Crippen molar-refractivity contribution in [1.29, 1.82) is 5.26 Å². The lowest BCUT2D eigenvalue weighted by atomic mass is 9.76. The molecular weight excluding hydrogens is 510 g/mol. The van der Waals surface area contributed by atoms with Crippen molar-refractivity contribution in [2.24, 2.45) is 0 Å². The summed E-state index contributed by atoms with van der Waals surface area (Å²) in [5, 5.41) is 9.01. The summed E-state index contributed by atoms with van der Waals surface area (Å²) in [4.78, 5) is 31.8. The van der Waals surface area contributed by atoms with Crippen molar-refractivity contribution in [3.05, 3.63) is 69.5 Å². The SMILES string of the molecule is CCc1cc(=O)n2cc(N(C(=S)N(C)c3ccc(C#N)c(C(F)(F)F)c3)C3(C=O)CCC3)cc(F)c2n1. The Kier molecular flexibility index (Phi) is 6.77. The minimum Gasteiger partial charge on any atom is -0.322 e. The molecule has 0 unspecified atom stereocenters. The van der Waals surface area contributed by atoms with E-state index < -0.39 is 34.2 Å². The van der Waals surface area contributed by atoms with E-state index in [4.69, 9.17) is 17.5 Å². The molecule has 2 aromatic heterocycles. The van der Waals surface area contributed by atoms with Crippen LogP contribution in [-0.2, 0) is 17.4 Å². The fraction of sp³-hybridized carbons (Fsp3) is 0.320. The van der Waals surface area contributed by atoms with E-state index in [0.29, 0.717) is 37.7 Å². The number of carbonyl (C=O) groups is 1. The van der Waals surface area contributed by atoms with E-state index in [1.165, 1.54) is 41.2 Å². The van der Waals surface area contributed by atoms with Gasteiger partial charge in [-0.3, -0.25) is 9.20 Å². The molecule has 12 heteroatoms. The molecule has 0 N–H and O–H groups in total. The van der Waals surface area contributed by atoms with Crippen LogP contribution in [0.4, 0.5) is 28.9 Å². The van der Waals surface area contributed by atoms with Crippen LogP contribution in [0.25, 0.3) is 5.65 Å². The van der Waals surface area contributed by atoms with Crippen molar-refractivity contribution in [2.75, 3.05) is 16.8 Å². The van der Waals surface area contributed by atoms with Crippen molar-refractivity contribution in [3.8, 4) is 6.07 Å². The molecule has 2 heterocycles. The Bertz CT molecular complexity index is 1510. The summed E-state index contributed by atoms with van der Waals surface area (Å²) < 4.78 is 56.9. The Morgan fingerprint density at radius 2 is 1.97 bits per heavy atom. The highest BCUT2D eigenvalue weighted by atomic mass is 32.1. The largest absolute Gasteiger partial charge is 0.417 e. The Hall–Kier alpha value is -3.85. The zero-order valence-corrected chi connectivity index (χ0v) is 20.7. The van der Waals surface area contributed by atoms with Gasteiger partial charge in [-0.25, -0.2) is 9.37 Å². The van der Waals surface area contributed by atoms with Gasteiger partial charge in [0.25, 0.3) is 5.56 Å². The van der Waals surface area contributed by atoms with Gasteiger partial charge in [0.15, 0.2) is 16.6 Å². The van der Waals surface area contributed by atoms with Gasteiger partial charge in [-0.15, -0.1) is 0 Å². The van der Waals surface area contributed by atoms with Crippen molar-refractivity contribution < 1.29 is 22.4 Å². The van der Waals surface area contributed by atoms with Gasteiger partial charge in [-0.2, -0.15) is 18.4 Å². The van der Waals surface area contributed by atoms with Crippen LogP contribution in [0, 0.1) is 17.1 Å². The van der Waals surface area contributed by atoms with Gasteiger partial charge in [-0.1, -0.05) is 6.92 Å². The Morgan fingerprint density at radius 1 is 1.27 bits per heavy atom. The van der Waals surface area contributed by atoms with Crippen LogP contribution in [-0.4, -0.2) is 33.4 Å². The van der Waals surface area contributed by atoms with E-state index in [9.17, 15) is 22.8 Å². The maximum Gasteiger partial charge on any atom is 0.417 e. The second kappa shape index (κ2) is 9.55. The molecule has 4 rings (SSSR count). The number of pyridine rings is 1. The molecule has 0 aliphatic heterocycles. The third-order valence-electron chi connectivity index (χ3n) is 6.55. The molecule has 0 saturated heterocycles. The van der Waals surface area contributed by atoms with Crippen molar-refractivity contribution in [2.45, 2.75) is 44.3 Å². The van der Waals surface area contributed by atoms with Gasteiger partial charge in [-0.05, 0) is 56.1 Å². The monoisotopic (exact) mass is 531 g/mol. The van der Waals surface area contributed by atoms with Crippen LogP contribution in [0.3, 0.4) is 0 Å². The van der Waals surface area contributed by atoms with Crippen LogP contribution in [0.5, 0.6) is 0 Å². The molecule has 1 saturated carbocycles. The maximum atomic E-state index is 15.2. The molecule has 0 radical (unpaired) electrons. The van der Waals surface area contributed by atoms with E-state index >= 15 is 4.39 Å². The Balaban J connectivity index is 1.86. The first kappa shape index (κ1) is 26.2. The highest BCUT2D eigenvalue weighted by molar-refractivity contribution is 7.80. The molecule has 1 fully saturated rings. The highest BCUT2D eigenvalue weighted by Gasteiger charge is 2.46. The molecule has 3 aromatic rings. The Morgan fingerprint density at radius 3 is 2.51 bits per heavy atom. The zero-order chi connectivity index (χ0) is 27.1. The summed E-state index contributed by atoms with van der Waals surface area (Å²) >= 11 is 5.63. The lowest BCUT2D eigenvalue weighted by molar-refractivity contribution is -0.137. The maximum absolute atomic E-state index is 15.2. The molecule has 7 nitrogen and oxygen atoms in total. The third-order valence-corrected chi connectivity index (χ3v) is 7.01. The molecular formula is C25H21F4N5O2S. The topological polar surface area (TPSA) is 81.7 Å². The van der Waals surface area contributed by atoms with E-state index in [2.05, 4.69) is 4.98 Å². The van der Waals surface area contributed by atoms with Gasteiger partial charge in [0.05, 0.1) is 22.9 Å². The number of thiocarbonyl (C=S) groups is 1. The number of carbonyl (C=O) groups excluding carboxylic acids is 1. The van der Waals surface area contributed by atoms with Crippen LogP contribution in [0.15, 0.2) is 41.3 Å². The van der Waals surface area contributed by atoms with Gasteiger partial charge >= 0.3 is 6.18 Å². The molecule has 192 valence electrons. The lowest BCUT2D eigenvalue weighted by Crippen LogP contribution is -2.61. The summed E-state index contributed by atoms with van der Waals surface area (Å²) in [6.45, 7) is 1.78. The minimum absolute atomic E-state index is 0.00868. The van der Waals surface area contributed by atoms with Crippen LogP contribution < -0.4 is 15.4 Å². The Labute approximate surface area is 214 Å². The number of benzene rings is 1. The molecule has 0 spiro atoms. The molecule has 0 amide bonds. The first-order valence-electron chi connectivity index (χ1n) is 11.3. The average Bonchev–Trinajstić information content (AvgIpc) is 2.84. The number of alkyl halides is 3. The number of halogens is 4. The molecule has 1 aliphatic rings. The standard InChI is InChI=1S/C25H21F4N5O2S/c1-3-16-9-21(36)33-13-18(11-20(26)22(33)31-16)34(24(14-35)7-4-8-24)23(37)32(2)17-6-5-15(12-30)19(10-17)25(27,28)29/h5-6,9-11,13-14H,3-4,7-8H2,1-2H3. The number of hydrogen-bond acceptors (Lipinski definition) is 5. The number of nitriles is 1. The third kappa shape index (κ3) is 4.55. The molecule has 1 aromatic carbocycles.